The summed E-state index contributed by atoms with van der Waals surface area (Å²) < 4.78 is 5.81. The van der Waals surface area contributed by atoms with Gasteiger partial charge in [0.2, 0.25) is 0 Å². The summed E-state index contributed by atoms with van der Waals surface area (Å²) in [4.78, 5) is 4.59. The second-order valence-corrected chi connectivity index (χ2v) is 5.45. The molecule has 3 N–H and O–H groups in total. The number of aliphatic hydroxyl groups is 1. The first-order valence-electron chi connectivity index (χ1n) is 7.72. The van der Waals surface area contributed by atoms with Crippen LogP contribution in [0.25, 0.3) is 10.9 Å². The number of rotatable bonds is 6. The summed E-state index contributed by atoms with van der Waals surface area (Å²) in [5.41, 5.74) is 8.14. The Balaban J connectivity index is 1.70. The highest BCUT2D eigenvalue weighted by molar-refractivity contribution is 5.78. The number of aromatic nitrogens is 1. The van der Waals surface area contributed by atoms with Crippen LogP contribution >= 0.6 is 0 Å². The van der Waals surface area contributed by atoms with Crippen molar-refractivity contribution >= 4 is 10.9 Å². The molecule has 0 saturated carbocycles. The molecule has 0 amide bonds. The molecule has 0 saturated heterocycles. The second-order valence-electron chi connectivity index (χ2n) is 5.45. The highest BCUT2D eigenvalue weighted by atomic mass is 16.5. The van der Waals surface area contributed by atoms with Crippen molar-refractivity contribution in [3.63, 3.8) is 0 Å². The van der Waals surface area contributed by atoms with E-state index in [1.165, 1.54) is 0 Å². The maximum absolute atomic E-state index is 10.0. The van der Waals surface area contributed by atoms with E-state index in [9.17, 15) is 5.11 Å². The van der Waals surface area contributed by atoms with E-state index >= 15 is 0 Å². The van der Waals surface area contributed by atoms with Gasteiger partial charge in [0.05, 0.1) is 17.3 Å². The number of nitrogens with zero attached hydrogens (tertiary/aromatic N) is 1. The van der Waals surface area contributed by atoms with Gasteiger partial charge in [-0.2, -0.15) is 0 Å². The third-order valence-electron chi connectivity index (χ3n) is 3.73. The predicted molar refractivity (Wildman–Crippen MR) is 91.1 cm³/mol. The average molecular weight is 308 g/mol. The molecule has 1 unspecified atom stereocenters. The maximum atomic E-state index is 10.0. The van der Waals surface area contributed by atoms with Crippen molar-refractivity contribution in [1.82, 2.24) is 4.98 Å². The lowest BCUT2D eigenvalue weighted by Gasteiger charge is -2.12. The summed E-state index contributed by atoms with van der Waals surface area (Å²) in [5.74, 6) is 0.716. The number of ether oxygens (including phenoxy) is 1. The molecule has 4 heteroatoms. The van der Waals surface area contributed by atoms with Crippen molar-refractivity contribution in [3.8, 4) is 5.75 Å². The Hall–Kier alpha value is -2.43. The van der Waals surface area contributed by atoms with E-state index < -0.39 is 6.10 Å². The first-order chi connectivity index (χ1) is 11.3. The summed E-state index contributed by atoms with van der Waals surface area (Å²) in [5, 5.41) is 11.1. The molecule has 4 nitrogen and oxygen atoms in total. The van der Waals surface area contributed by atoms with E-state index in [2.05, 4.69) is 4.98 Å². The van der Waals surface area contributed by atoms with Gasteiger partial charge >= 0.3 is 0 Å². The molecule has 0 bridgehead atoms. The van der Waals surface area contributed by atoms with Gasteiger partial charge in [-0.3, -0.25) is 0 Å². The van der Waals surface area contributed by atoms with Crippen LogP contribution in [0.5, 0.6) is 5.75 Å². The molecular formula is C19H20N2O2. The molecule has 2 aromatic carbocycles. The molecule has 1 heterocycles. The van der Waals surface area contributed by atoms with Crippen LogP contribution < -0.4 is 10.5 Å². The quantitative estimate of drug-likeness (QED) is 0.734. The van der Waals surface area contributed by atoms with Gasteiger partial charge in [0.15, 0.2) is 0 Å². The molecule has 3 rings (SSSR count). The van der Waals surface area contributed by atoms with Crippen molar-refractivity contribution in [2.24, 2.45) is 5.73 Å². The van der Waals surface area contributed by atoms with E-state index in [-0.39, 0.29) is 0 Å². The second kappa shape index (κ2) is 7.22. The van der Waals surface area contributed by atoms with Crippen molar-refractivity contribution in [3.05, 3.63) is 71.9 Å². The Morgan fingerprint density at radius 3 is 2.78 bits per heavy atom. The van der Waals surface area contributed by atoms with Gasteiger partial charge in [0.1, 0.15) is 12.4 Å². The fourth-order valence-electron chi connectivity index (χ4n) is 2.48. The van der Waals surface area contributed by atoms with E-state index in [1.54, 1.807) is 0 Å². The molecule has 23 heavy (non-hydrogen) atoms. The summed E-state index contributed by atoms with van der Waals surface area (Å²) in [6.07, 6.45) is -0.0160. The fraction of sp³-hybridized carbons (Fsp3) is 0.211. The minimum absolute atomic E-state index is 0.390. The Morgan fingerprint density at radius 1 is 1.04 bits per heavy atom. The topological polar surface area (TPSA) is 68.4 Å². The normalized spacial score (nSPS) is 12.3. The van der Waals surface area contributed by atoms with Crippen LogP contribution in [0.3, 0.4) is 0 Å². The lowest BCUT2D eigenvalue weighted by Crippen LogP contribution is -2.07. The molecule has 1 atom stereocenters. The minimum Gasteiger partial charge on any atom is -0.487 e. The number of benzene rings is 2. The average Bonchev–Trinajstić information content (AvgIpc) is 2.60. The molecule has 0 spiro atoms. The first kappa shape index (κ1) is 15.5. The zero-order valence-corrected chi connectivity index (χ0v) is 12.9. The molecule has 0 aliphatic rings. The number of hydrogen-bond acceptors (Lipinski definition) is 4. The number of aliphatic hydroxyl groups excluding tert-OH is 1. The van der Waals surface area contributed by atoms with Crippen LogP contribution in [0, 0.1) is 0 Å². The Bertz CT molecular complexity index is 789. The lowest BCUT2D eigenvalue weighted by molar-refractivity contribution is 0.169. The summed E-state index contributed by atoms with van der Waals surface area (Å²) in [6.45, 7) is 0.842. The number of pyridine rings is 1. The van der Waals surface area contributed by atoms with Gasteiger partial charge in [-0.1, -0.05) is 36.4 Å². The Labute approximate surface area is 135 Å². The molecule has 1 aromatic heterocycles. The van der Waals surface area contributed by atoms with Gasteiger partial charge in [-0.25, -0.2) is 4.98 Å². The monoisotopic (exact) mass is 308 g/mol. The van der Waals surface area contributed by atoms with Crippen LogP contribution in [0.4, 0.5) is 0 Å². The van der Waals surface area contributed by atoms with Gasteiger partial charge in [0, 0.05) is 5.39 Å². The van der Waals surface area contributed by atoms with Crippen LogP contribution in [-0.4, -0.2) is 16.6 Å². The third-order valence-corrected chi connectivity index (χ3v) is 3.73. The van der Waals surface area contributed by atoms with E-state index in [1.807, 2.05) is 60.7 Å². The smallest absolute Gasteiger partial charge is 0.130 e. The van der Waals surface area contributed by atoms with E-state index in [0.29, 0.717) is 25.3 Å². The summed E-state index contributed by atoms with van der Waals surface area (Å²) in [6, 6.07) is 19.5. The summed E-state index contributed by atoms with van der Waals surface area (Å²) in [7, 11) is 0. The SMILES string of the molecule is NCCC(O)c1cccc(OCc2ccc3ccccc3n2)c1. The van der Waals surface area contributed by atoms with Crippen LogP contribution in [0.2, 0.25) is 0 Å². The van der Waals surface area contributed by atoms with Crippen LogP contribution in [-0.2, 0) is 6.61 Å². The van der Waals surface area contributed by atoms with Crippen molar-refractivity contribution in [2.75, 3.05) is 6.54 Å². The van der Waals surface area contributed by atoms with Crippen molar-refractivity contribution < 1.29 is 9.84 Å². The fourth-order valence-corrected chi connectivity index (χ4v) is 2.48. The van der Waals surface area contributed by atoms with E-state index in [4.69, 9.17) is 10.5 Å². The van der Waals surface area contributed by atoms with Crippen molar-refractivity contribution in [1.29, 1.82) is 0 Å². The Morgan fingerprint density at radius 2 is 1.91 bits per heavy atom. The van der Waals surface area contributed by atoms with Crippen LogP contribution in [0.15, 0.2) is 60.7 Å². The van der Waals surface area contributed by atoms with Gasteiger partial charge in [-0.05, 0) is 42.8 Å². The number of para-hydroxylation sites is 1. The predicted octanol–water partition coefficient (Wildman–Crippen LogP) is 3.20. The van der Waals surface area contributed by atoms with Crippen molar-refractivity contribution in [2.45, 2.75) is 19.1 Å². The van der Waals surface area contributed by atoms with Gasteiger partial charge < -0.3 is 15.6 Å². The molecule has 118 valence electrons. The number of hydrogen-bond donors (Lipinski definition) is 2. The Kier molecular flexibility index (Phi) is 4.86. The molecule has 3 aromatic rings. The molecule has 0 fully saturated rings. The zero-order chi connectivity index (χ0) is 16.1. The number of nitrogens with two attached hydrogens (primary N) is 1. The standard InChI is InChI=1S/C19H20N2O2/c20-11-10-19(22)15-5-3-6-17(12-15)23-13-16-9-8-14-4-1-2-7-18(14)21-16/h1-9,12,19,22H,10-11,13,20H2. The molecular weight excluding hydrogens is 288 g/mol. The van der Waals surface area contributed by atoms with Gasteiger partial charge in [0.25, 0.3) is 0 Å². The third kappa shape index (κ3) is 3.86. The minimum atomic E-state index is -0.553. The largest absolute Gasteiger partial charge is 0.487 e. The molecule has 0 aliphatic heterocycles. The first-order valence-corrected chi connectivity index (χ1v) is 7.72. The summed E-state index contributed by atoms with van der Waals surface area (Å²) >= 11 is 0. The van der Waals surface area contributed by atoms with Crippen LogP contribution in [0.1, 0.15) is 23.8 Å². The van der Waals surface area contributed by atoms with Gasteiger partial charge in [-0.15, -0.1) is 0 Å². The maximum Gasteiger partial charge on any atom is 0.130 e. The zero-order valence-electron chi connectivity index (χ0n) is 12.9. The van der Waals surface area contributed by atoms with E-state index in [0.717, 1.165) is 22.2 Å². The highest BCUT2D eigenvalue weighted by Gasteiger charge is 2.07. The highest BCUT2D eigenvalue weighted by Crippen LogP contribution is 2.22. The lowest BCUT2D eigenvalue weighted by atomic mass is 10.1. The number of fused-ring (bicyclic) bond motifs is 1. The molecule has 0 aliphatic carbocycles. The molecule has 0 radical (unpaired) electrons.